The van der Waals surface area contributed by atoms with E-state index in [1.807, 2.05) is 38.1 Å². The Kier molecular flexibility index (Phi) is 3.58. The van der Waals surface area contributed by atoms with Gasteiger partial charge < -0.3 is 15.8 Å². The second-order valence-corrected chi connectivity index (χ2v) is 2.86. The quantitative estimate of drug-likeness (QED) is 0.694. The fraction of sp³-hybridized carbons (Fsp3) is 0.400. The molecular weight excluding hydrogens is 164 g/mol. The molecule has 0 fully saturated rings. The van der Waals surface area contributed by atoms with Crippen LogP contribution in [0.1, 0.15) is 13.8 Å². The standard InChI is InChI=1S/C10H16N2O/c1-3-13-10-7-5-4-6-9(10)12-8(2)11/h4-8,12H,3,11H2,1-2H3. The number of hydrogen-bond acceptors (Lipinski definition) is 3. The maximum Gasteiger partial charge on any atom is 0.142 e. The lowest BCUT2D eigenvalue weighted by Gasteiger charge is -2.14. The molecule has 0 saturated heterocycles. The summed E-state index contributed by atoms with van der Waals surface area (Å²) in [6.07, 6.45) is -0.0680. The van der Waals surface area contributed by atoms with Crippen molar-refractivity contribution < 1.29 is 4.74 Å². The number of nitrogens with two attached hydrogens (primary N) is 1. The molecule has 0 radical (unpaired) electrons. The molecule has 13 heavy (non-hydrogen) atoms. The highest BCUT2D eigenvalue weighted by Crippen LogP contribution is 2.23. The van der Waals surface area contributed by atoms with Crippen molar-refractivity contribution in [3.8, 4) is 5.75 Å². The van der Waals surface area contributed by atoms with E-state index < -0.39 is 0 Å². The minimum atomic E-state index is -0.0680. The fourth-order valence-corrected chi connectivity index (χ4v) is 1.11. The van der Waals surface area contributed by atoms with E-state index in [1.165, 1.54) is 0 Å². The van der Waals surface area contributed by atoms with Crippen molar-refractivity contribution in [2.24, 2.45) is 5.73 Å². The Morgan fingerprint density at radius 2 is 2.15 bits per heavy atom. The molecule has 72 valence electrons. The number of anilines is 1. The summed E-state index contributed by atoms with van der Waals surface area (Å²) in [4.78, 5) is 0. The van der Waals surface area contributed by atoms with Crippen molar-refractivity contribution in [3.63, 3.8) is 0 Å². The first kappa shape index (κ1) is 9.86. The third kappa shape index (κ3) is 2.95. The minimum Gasteiger partial charge on any atom is -0.492 e. The maximum atomic E-state index is 5.62. The molecule has 0 heterocycles. The van der Waals surface area contributed by atoms with Gasteiger partial charge in [-0.3, -0.25) is 0 Å². The molecule has 0 aliphatic carbocycles. The van der Waals surface area contributed by atoms with Crippen LogP contribution < -0.4 is 15.8 Å². The van der Waals surface area contributed by atoms with E-state index in [1.54, 1.807) is 0 Å². The van der Waals surface area contributed by atoms with Gasteiger partial charge in [0.1, 0.15) is 5.75 Å². The molecule has 0 aliphatic heterocycles. The normalized spacial score (nSPS) is 12.2. The second kappa shape index (κ2) is 4.72. The first-order valence-electron chi connectivity index (χ1n) is 4.48. The monoisotopic (exact) mass is 180 g/mol. The first-order chi connectivity index (χ1) is 6.24. The summed E-state index contributed by atoms with van der Waals surface area (Å²) in [5, 5.41) is 3.11. The highest BCUT2D eigenvalue weighted by atomic mass is 16.5. The summed E-state index contributed by atoms with van der Waals surface area (Å²) in [7, 11) is 0. The highest BCUT2D eigenvalue weighted by Gasteiger charge is 2.02. The lowest BCUT2D eigenvalue weighted by molar-refractivity contribution is 0.341. The Morgan fingerprint density at radius 1 is 1.46 bits per heavy atom. The summed E-state index contributed by atoms with van der Waals surface area (Å²) in [5.41, 5.74) is 6.57. The molecule has 1 rings (SSSR count). The van der Waals surface area contributed by atoms with Crippen LogP contribution >= 0.6 is 0 Å². The van der Waals surface area contributed by atoms with E-state index in [9.17, 15) is 0 Å². The Labute approximate surface area is 78.9 Å². The number of ether oxygens (including phenoxy) is 1. The third-order valence-corrected chi connectivity index (χ3v) is 1.57. The van der Waals surface area contributed by atoms with Crippen LogP contribution in [0.15, 0.2) is 24.3 Å². The number of rotatable bonds is 4. The zero-order valence-electron chi connectivity index (χ0n) is 8.08. The predicted molar refractivity (Wildman–Crippen MR) is 54.9 cm³/mol. The Bertz CT molecular complexity index is 261. The fourth-order valence-electron chi connectivity index (χ4n) is 1.11. The van der Waals surface area contributed by atoms with Gasteiger partial charge in [0, 0.05) is 0 Å². The molecule has 1 aromatic carbocycles. The van der Waals surface area contributed by atoms with E-state index in [4.69, 9.17) is 10.5 Å². The highest BCUT2D eigenvalue weighted by molar-refractivity contribution is 5.56. The number of benzene rings is 1. The lowest BCUT2D eigenvalue weighted by Crippen LogP contribution is -2.25. The molecule has 1 unspecified atom stereocenters. The average Bonchev–Trinajstić information content (AvgIpc) is 2.08. The van der Waals surface area contributed by atoms with Crippen LogP contribution in [0, 0.1) is 0 Å². The van der Waals surface area contributed by atoms with E-state index in [-0.39, 0.29) is 6.17 Å². The predicted octanol–water partition coefficient (Wildman–Crippen LogP) is 1.80. The molecule has 0 spiro atoms. The summed E-state index contributed by atoms with van der Waals surface area (Å²) < 4.78 is 5.42. The van der Waals surface area contributed by atoms with Crippen molar-refractivity contribution in [2.45, 2.75) is 20.0 Å². The Balaban J connectivity index is 2.78. The van der Waals surface area contributed by atoms with Crippen LogP contribution in [-0.2, 0) is 0 Å². The molecule has 0 bridgehead atoms. The number of hydrogen-bond donors (Lipinski definition) is 2. The van der Waals surface area contributed by atoms with Crippen LogP contribution in [0.3, 0.4) is 0 Å². The van der Waals surface area contributed by atoms with Crippen LogP contribution in [-0.4, -0.2) is 12.8 Å². The Morgan fingerprint density at radius 3 is 2.77 bits per heavy atom. The van der Waals surface area contributed by atoms with Gasteiger partial charge in [-0.15, -0.1) is 0 Å². The van der Waals surface area contributed by atoms with Gasteiger partial charge >= 0.3 is 0 Å². The molecule has 0 amide bonds. The van der Waals surface area contributed by atoms with E-state index in [0.29, 0.717) is 6.61 Å². The van der Waals surface area contributed by atoms with Crippen LogP contribution in [0.4, 0.5) is 5.69 Å². The van der Waals surface area contributed by atoms with Gasteiger partial charge in [0.2, 0.25) is 0 Å². The molecule has 3 heteroatoms. The topological polar surface area (TPSA) is 47.3 Å². The lowest BCUT2D eigenvalue weighted by atomic mass is 10.3. The van der Waals surface area contributed by atoms with Crippen LogP contribution in [0.2, 0.25) is 0 Å². The smallest absolute Gasteiger partial charge is 0.142 e. The zero-order chi connectivity index (χ0) is 9.68. The van der Waals surface area contributed by atoms with Crippen molar-refractivity contribution in [1.29, 1.82) is 0 Å². The molecule has 1 atom stereocenters. The first-order valence-corrected chi connectivity index (χ1v) is 4.48. The van der Waals surface area contributed by atoms with Gasteiger partial charge in [0.15, 0.2) is 0 Å². The van der Waals surface area contributed by atoms with Gasteiger partial charge in [0.05, 0.1) is 18.5 Å². The van der Waals surface area contributed by atoms with E-state index >= 15 is 0 Å². The van der Waals surface area contributed by atoms with Gasteiger partial charge in [-0.25, -0.2) is 0 Å². The molecule has 0 saturated carbocycles. The average molecular weight is 180 g/mol. The SMILES string of the molecule is CCOc1ccccc1NC(C)N. The van der Waals surface area contributed by atoms with Crippen molar-refractivity contribution in [2.75, 3.05) is 11.9 Å². The molecular formula is C10H16N2O. The van der Waals surface area contributed by atoms with Gasteiger partial charge in [-0.05, 0) is 26.0 Å². The molecule has 3 nitrogen and oxygen atoms in total. The van der Waals surface area contributed by atoms with Crippen LogP contribution in [0.5, 0.6) is 5.75 Å². The summed E-state index contributed by atoms with van der Waals surface area (Å²) in [6, 6.07) is 7.77. The van der Waals surface area contributed by atoms with Gasteiger partial charge in [-0.1, -0.05) is 12.1 Å². The molecule has 0 aliphatic rings. The van der Waals surface area contributed by atoms with Crippen molar-refractivity contribution in [3.05, 3.63) is 24.3 Å². The van der Waals surface area contributed by atoms with Crippen molar-refractivity contribution >= 4 is 5.69 Å². The maximum absolute atomic E-state index is 5.62. The summed E-state index contributed by atoms with van der Waals surface area (Å²) >= 11 is 0. The summed E-state index contributed by atoms with van der Waals surface area (Å²) in [5.74, 6) is 0.849. The minimum absolute atomic E-state index is 0.0680. The number of para-hydroxylation sites is 2. The molecule has 0 aromatic heterocycles. The third-order valence-electron chi connectivity index (χ3n) is 1.57. The molecule has 1 aromatic rings. The van der Waals surface area contributed by atoms with E-state index in [2.05, 4.69) is 5.32 Å². The van der Waals surface area contributed by atoms with Gasteiger partial charge in [-0.2, -0.15) is 0 Å². The summed E-state index contributed by atoms with van der Waals surface area (Å²) in [6.45, 7) is 4.52. The second-order valence-electron chi connectivity index (χ2n) is 2.86. The van der Waals surface area contributed by atoms with Crippen molar-refractivity contribution in [1.82, 2.24) is 0 Å². The zero-order valence-corrected chi connectivity index (χ0v) is 8.08. The number of nitrogens with one attached hydrogen (secondary N) is 1. The van der Waals surface area contributed by atoms with Crippen LogP contribution in [0.25, 0.3) is 0 Å². The molecule has 3 N–H and O–H groups in total. The largest absolute Gasteiger partial charge is 0.492 e. The van der Waals surface area contributed by atoms with E-state index in [0.717, 1.165) is 11.4 Å². The Hall–Kier alpha value is -1.22. The van der Waals surface area contributed by atoms with Gasteiger partial charge in [0.25, 0.3) is 0 Å².